The van der Waals surface area contributed by atoms with Gasteiger partial charge in [-0.1, -0.05) is 18.6 Å². The number of hydrogen-bond acceptors (Lipinski definition) is 4. The van der Waals surface area contributed by atoms with Crippen molar-refractivity contribution in [2.75, 3.05) is 18.4 Å². The number of rotatable bonds is 5. The van der Waals surface area contributed by atoms with Gasteiger partial charge in [-0.2, -0.15) is 17.5 Å². The van der Waals surface area contributed by atoms with E-state index in [1.165, 1.54) is 34.8 Å². The van der Waals surface area contributed by atoms with Crippen molar-refractivity contribution in [3.8, 4) is 0 Å². The molecule has 1 saturated heterocycles. The number of amides is 1. The molecule has 0 saturated carbocycles. The Morgan fingerprint density at radius 1 is 1.03 bits per heavy atom. The van der Waals surface area contributed by atoms with Gasteiger partial charge in [0.2, 0.25) is 15.9 Å². The number of carbonyl (C=O) groups is 1. The smallest absolute Gasteiger partial charge is 0.324 e. The van der Waals surface area contributed by atoms with Crippen molar-refractivity contribution >= 4 is 21.6 Å². The Hall–Kier alpha value is -2.66. The summed E-state index contributed by atoms with van der Waals surface area (Å²) in [5, 5.41) is 2.14. The van der Waals surface area contributed by atoms with Crippen molar-refractivity contribution in [3.63, 3.8) is 0 Å². The summed E-state index contributed by atoms with van der Waals surface area (Å²) in [6.07, 6.45) is -1.15. The summed E-state index contributed by atoms with van der Waals surface area (Å²) in [5.74, 6) is -0.888. The van der Waals surface area contributed by atoms with Crippen LogP contribution < -0.4 is 10.9 Å². The maximum Gasteiger partial charge on any atom is 0.418 e. The first-order valence-electron chi connectivity index (χ1n) is 9.26. The standard InChI is InChI=1S/C19H20F3N3O4S/c20-19(21,22)14-7-2-3-8-15(14)23-17(26)13-24-10-6-9-16(18(24)27)30(28,29)25-11-4-1-5-12-25/h2-3,6-10H,1,4-5,11-13H2,(H,23,26). The van der Waals surface area contributed by atoms with Gasteiger partial charge in [0.25, 0.3) is 5.56 Å². The average molecular weight is 443 g/mol. The van der Waals surface area contributed by atoms with Crippen LogP contribution in [0.5, 0.6) is 0 Å². The van der Waals surface area contributed by atoms with E-state index in [0.717, 1.165) is 23.1 Å². The molecule has 3 rings (SSSR count). The fraction of sp³-hybridized carbons (Fsp3) is 0.368. The quantitative estimate of drug-likeness (QED) is 0.770. The molecular weight excluding hydrogens is 423 g/mol. The number of nitrogens with zero attached hydrogens (tertiary/aromatic N) is 2. The molecule has 162 valence electrons. The van der Waals surface area contributed by atoms with E-state index in [9.17, 15) is 31.2 Å². The molecule has 1 aromatic heterocycles. The Balaban J connectivity index is 1.83. The van der Waals surface area contributed by atoms with E-state index in [0.29, 0.717) is 25.9 Å². The molecule has 1 amide bonds. The number of benzene rings is 1. The molecule has 0 aliphatic carbocycles. The third-order valence-electron chi connectivity index (χ3n) is 4.74. The van der Waals surface area contributed by atoms with Gasteiger partial charge in [0.1, 0.15) is 11.4 Å². The van der Waals surface area contributed by atoms with Gasteiger partial charge < -0.3 is 9.88 Å². The predicted molar refractivity (Wildman–Crippen MR) is 103 cm³/mol. The van der Waals surface area contributed by atoms with Gasteiger partial charge in [0.05, 0.1) is 11.3 Å². The Morgan fingerprint density at radius 3 is 2.37 bits per heavy atom. The van der Waals surface area contributed by atoms with Gasteiger partial charge in [-0.15, -0.1) is 0 Å². The van der Waals surface area contributed by atoms with E-state index < -0.39 is 50.4 Å². The van der Waals surface area contributed by atoms with Crippen LogP contribution in [0.4, 0.5) is 18.9 Å². The molecule has 1 aliphatic rings. The first-order valence-corrected chi connectivity index (χ1v) is 10.7. The van der Waals surface area contributed by atoms with Crippen LogP contribution in [0.2, 0.25) is 0 Å². The van der Waals surface area contributed by atoms with Crippen LogP contribution in [0.1, 0.15) is 24.8 Å². The highest BCUT2D eigenvalue weighted by Crippen LogP contribution is 2.34. The van der Waals surface area contributed by atoms with Crippen molar-refractivity contribution in [3.05, 3.63) is 58.5 Å². The molecule has 0 spiro atoms. The normalized spacial score (nSPS) is 15.7. The van der Waals surface area contributed by atoms with Gasteiger partial charge in [0, 0.05) is 19.3 Å². The van der Waals surface area contributed by atoms with Gasteiger partial charge in [0.15, 0.2) is 0 Å². The van der Waals surface area contributed by atoms with E-state index in [1.54, 1.807) is 0 Å². The summed E-state index contributed by atoms with van der Waals surface area (Å²) in [4.78, 5) is 24.5. The summed E-state index contributed by atoms with van der Waals surface area (Å²) in [6.45, 7) is -0.00878. The lowest BCUT2D eigenvalue weighted by Gasteiger charge is -2.25. The second-order valence-electron chi connectivity index (χ2n) is 6.86. The van der Waals surface area contributed by atoms with Crippen molar-refractivity contribution in [2.24, 2.45) is 0 Å². The summed E-state index contributed by atoms with van der Waals surface area (Å²) in [5.41, 5.74) is -2.37. The number of nitrogens with one attached hydrogen (secondary N) is 1. The molecule has 1 aliphatic heterocycles. The Kier molecular flexibility index (Phi) is 6.32. The fourth-order valence-corrected chi connectivity index (χ4v) is 4.87. The SMILES string of the molecule is O=C(Cn1cccc(S(=O)(=O)N2CCCCC2)c1=O)Nc1ccccc1C(F)(F)F. The van der Waals surface area contributed by atoms with Gasteiger partial charge in [-0.05, 0) is 37.1 Å². The molecular formula is C19H20F3N3O4S. The molecule has 2 aromatic rings. The zero-order valence-corrected chi connectivity index (χ0v) is 16.7. The summed E-state index contributed by atoms with van der Waals surface area (Å²) in [7, 11) is -4.02. The molecule has 0 atom stereocenters. The molecule has 2 heterocycles. The fourth-order valence-electron chi connectivity index (χ4n) is 3.26. The summed E-state index contributed by atoms with van der Waals surface area (Å²) < 4.78 is 66.9. The topological polar surface area (TPSA) is 88.5 Å². The molecule has 30 heavy (non-hydrogen) atoms. The Morgan fingerprint density at radius 2 is 1.70 bits per heavy atom. The van der Waals surface area contributed by atoms with Crippen LogP contribution in [0, 0.1) is 0 Å². The van der Waals surface area contributed by atoms with Crippen LogP contribution in [-0.4, -0.2) is 36.3 Å². The Labute approximate surface area is 171 Å². The molecule has 1 N–H and O–H groups in total. The minimum atomic E-state index is -4.66. The highest BCUT2D eigenvalue weighted by atomic mass is 32.2. The first-order chi connectivity index (χ1) is 14.1. The monoisotopic (exact) mass is 443 g/mol. The van der Waals surface area contributed by atoms with Crippen molar-refractivity contribution < 1.29 is 26.4 Å². The molecule has 11 heteroatoms. The lowest BCUT2D eigenvalue weighted by Crippen LogP contribution is -2.39. The van der Waals surface area contributed by atoms with Gasteiger partial charge >= 0.3 is 6.18 Å². The number of sulfonamides is 1. The van der Waals surface area contributed by atoms with E-state index >= 15 is 0 Å². The van der Waals surface area contributed by atoms with E-state index in [1.807, 2.05) is 0 Å². The number of alkyl halides is 3. The lowest BCUT2D eigenvalue weighted by atomic mass is 10.1. The number of hydrogen-bond donors (Lipinski definition) is 1. The molecule has 7 nitrogen and oxygen atoms in total. The van der Waals surface area contributed by atoms with Crippen molar-refractivity contribution in [2.45, 2.75) is 36.9 Å². The lowest BCUT2D eigenvalue weighted by molar-refractivity contribution is -0.137. The van der Waals surface area contributed by atoms with Crippen LogP contribution >= 0.6 is 0 Å². The third kappa shape index (κ3) is 4.73. The number of piperidine rings is 1. The largest absolute Gasteiger partial charge is 0.418 e. The van der Waals surface area contributed by atoms with E-state index in [2.05, 4.69) is 5.32 Å². The predicted octanol–water partition coefficient (Wildman–Crippen LogP) is 2.68. The number of pyridine rings is 1. The number of aromatic nitrogens is 1. The highest BCUT2D eigenvalue weighted by molar-refractivity contribution is 7.89. The summed E-state index contributed by atoms with van der Waals surface area (Å²) >= 11 is 0. The van der Waals surface area contributed by atoms with E-state index in [4.69, 9.17) is 0 Å². The molecule has 1 fully saturated rings. The van der Waals surface area contributed by atoms with E-state index in [-0.39, 0.29) is 0 Å². The third-order valence-corrected chi connectivity index (χ3v) is 6.65. The van der Waals surface area contributed by atoms with Gasteiger partial charge in [-0.3, -0.25) is 9.59 Å². The number of para-hydroxylation sites is 1. The summed E-state index contributed by atoms with van der Waals surface area (Å²) in [6, 6.07) is 6.93. The zero-order valence-electron chi connectivity index (χ0n) is 15.9. The number of carbonyl (C=O) groups excluding carboxylic acids is 1. The van der Waals surface area contributed by atoms with Crippen molar-refractivity contribution in [1.29, 1.82) is 0 Å². The van der Waals surface area contributed by atoms with Crippen LogP contribution in [-0.2, 0) is 27.5 Å². The molecule has 0 bridgehead atoms. The Bertz CT molecular complexity index is 1090. The maximum absolute atomic E-state index is 13.1. The maximum atomic E-state index is 13.1. The number of halogens is 3. The van der Waals surface area contributed by atoms with Crippen molar-refractivity contribution in [1.82, 2.24) is 8.87 Å². The minimum Gasteiger partial charge on any atom is -0.324 e. The minimum absolute atomic E-state index is 0.311. The van der Waals surface area contributed by atoms with Crippen LogP contribution in [0.25, 0.3) is 0 Å². The average Bonchev–Trinajstić information content (AvgIpc) is 2.69. The van der Waals surface area contributed by atoms with Crippen LogP contribution in [0.15, 0.2) is 52.3 Å². The number of anilines is 1. The molecule has 1 aromatic carbocycles. The second-order valence-corrected chi connectivity index (χ2v) is 8.77. The van der Waals surface area contributed by atoms with Gasteiger partial charge in [-0.25, -0.2) is 8.42 Å². The second kappa shape index (κ2) is 8.60. The first kappa shape index (κ1) is 22.0. The van der Waals surface area contributed by atoms with Crippen LogP contribution in [0.3, 0.4) is 0 Å². The molecule has 0 radical (unpaired) electrons. The zero-order chi connectivity index (χ0) is 21.9. The molecule has 0 unspecified atom stereocenters. The highest BCUT2D eigenvalue weighted by Gasteiger charge is 2.33.